The van der Waals surface area contributed by atoms with E-state index in [4.69, 9.17) is 4.74 Å². The van der Waals surface area contributed by atoms with Crippen LogP contribution in [0.1, 0.15) is 32.6 Å². The maximum absolute atomic E-state index is 12.2. The summed E-state index contributed by atoms with van der Waals surface area (Å²) in [6.07, 6.45) is 4.78. The van der Waals surface area contributed by atoms with E-state index in [1.807, 2.05) is 24.3 Å². The van der Waals surface area contributed by atoms with Gasteiger partial charge in [0.2, 0.25) is 11.0 Å². The van der Waals surface area contributed by atoms with E-state index in [1.54, 1.807) is 7.11 Å². The zero-order valence-electron chi connectivity index (χ0n) is 15.0. The first kappa shape index (κ1) is 19.0. The fourth-order valence-electron chi connectivity index (χ4n) is 3.02. The number of carbonyl (C=O) groups excluding carboxylic acids is 1. The Hall–Kier alpha value is -1.80. The highest BCUT2D eigenvalue weighted by Crippen LogP contribution is 2.28. The van der Waals surface area contributed by atoms with Crippen molar-refractivity contribution >= 4 is 39.8 Å². The van der Waals surface area contributed by atoms with Gasteiger partial charge in [-0.2, -0.15) is 0 Å². The summed E-state index contributed by atoms with van der Waals surface area (Å²) >= 11 is 2.87. The summed E-state index contributed by atoms with van der Waals surface area (Å²) in [4.78, 5) is 12.2. The number of hydrogen-bond acceptors (Lipinski definition) is 7. The molecule has 0 spiro atoms. The molecule has 1 saturated carbocycles. The van der Waals surface area contributed by atoms with Crippen LogP contribution in [0.2, 0.25) is 0 Å². The maximum atomic E-state index is 12.2. The van der Waals surface area contributed by atoms with Crippen LogP contribution in [0.5, 0.6) is 5.75 Å². The quantitative estimate of drug-likeness (QED) is 0.692. The highest BCUT2D eigenvalue weighted by molar-refractivity contribution is 8.01. The van der Waals surface area contributed by atoms with Gasteiger partial charge in [0.15, 0.2) is 4.34 Å². The summed E-state index contributed by atoms with van der Waals surface area (Å²) < 4.78 is 5.93. The summed E-state index contributed by atoms with van der Waals surface area (Å²) in [6.45, 7) is 2.22. The average molecular weight is 393 g/mol. The van der Waals surface area contributed by atoms with Gasteiger partial charge in [0.25, 0.3) is 0 Å². The molecule has 1 aliphatic carbocycles. The van der Waals surface area contributed by atoms with Crippen molar-refractivity contribution in [2.24, 2.45) is 5.92 Å². The number of nitrogens with zero attached hydrogens (tertiary/aromatic N) is 2. The molecule has 2 N–H and O–H groups in total. The van der Waals surface area contributed by atoms with Crippen molar-refractivity contribution < 1.29 is 9.53 Å². The summed E-state index contributed by atoms with van der Waals surface area (Å²) in [5, 5.41) is 15.4. The molecule has 0 aliphatic heterocycles. The van der Waals surface area contributed by atoms with Crippen molar-refractivity contribution in [3.05, 3.63) is 24.3 Å². The molecule has 8 heteroatoms. The third-order valence-corrected chi connectivity index (χ3v) is 6.50. The normalized spacial score (nSPS) is 19.8. The molecular weight excluding hydrogens is 368 g/mol. The highest BCUT2D eigenvalue weighted by Gasteiger charge is 2.22. The van der Waals surface area contributed by atoms with Crippen molar-refractivity contribution in [3.8, 4) is 5.75 Å². The van der Waals surface area contributed by atoms with Gasteiger partial charge in [0.05, 0.1) is 12.9 Å². The number of thioether (sulfide) groups is 1. The lowest BCUT2D eigenvalue weighted by Crippen LogP contribution is -2.41. The van der Waals surface area contributed by atoms with Crippen LogP contribution in [0.25, 0.3) is 0 Å². The van der Waals surface area contributed by atoms with Crippen LogP contribution in [0.15, 0.2) is 28.6 Å². The SMILES string of the molecule is COc1ccc(Nc2nnc(SCC(=O)N[C@H]3CCCC[C@H]3C)s2)cc1. The molecule has 0 unspecified atom stereocenters. The van der Waals surface area contributed by atoms with Crippen LogP contribution in [0.4, 0.5) is 10.8 Å². The van der Waals surface area contributed by atoms with E-state index < -0.39 is 0 Å². The average Bonchev–Trinajstić information content (AvgIpc) is 3.10. The topological polar surface area (TPSA) is 76.1 Å². The first-order valence-electron chi connectivity index (χ1n) is 8.81. The van der Waals surface area contributed by atoms with Gasteiger partial charge in [0.1, 0.15) is 5.75 Å². The van der Waals surface area contributed by atoms with E-state index in [-0.39, 0.29) is 5.91 Å². The maximum Gasteiger partial charge on any atom is 0.230 e. The third-order valence-electron chi connectivity index (χ3n) is 4.53. The molecule has 1 fully saturated rings. The molecule has 1 heterocycles. The molecule has 3 rings (SSSR count). The second-order valence-electron chi connectivity index (χ2n) is 6.45. The lowest BCUT2D eigenvalue weighted by atomic mass is 9.86. The minimum Gasteiger partial charge on any atom is -0.497 e. The van der Waals surface area contributed by atoms with Gasteiger partial charge in [-0.3, -0.25) is 4.79 Å². The van der Waals surface area contributed by atoms with E-state index in [2.05, 4.69) is 27.8 Å². The molecule has 1 amide bonds. The minimum absolute atomic E-state index is 0.0774. The Balaban J connectivity index is 1.46. The molecule has 0 bridgehead atoms. The zero-order chi connectivity index (χ0) is 18.4. The molecular formula is C18H24N4O2S2. The number of methoxy groups -OCH3 is 1. The lowest BCUT2D eigenvalue weighted by molar-refractivity contribution is -0.119. The first-order valence-corrected chi connectivity index (χ1v) is 10.6. The van der Waals surface area contributed by atoms with Gasteiger partial charge in [-0.05, 0) is 43.0 Å². The zero-order valence-corrected chi connectivity index (χ0v) is 16.7. The van der Waals surface area contributed by atoms with Crippen LogP contribution in [-0.4, -0.2) is 35.0 Å². The van der Waals surface area contributed by atoms with Crippen LogP contribution in [0, 0.1) is 5.92 Å². The molecule has 26 heavy (non-hydrogen) atoms. The van der Waals surface area contributed by atoms with E-state index in [9.17, 15) is 4.79 Å². The highest BCUT2D eigenvalue weighted by atomic mass is 32.2. The van der Waals surface area contributed by atoms with Gasteiger partial charge in [-0.1, -0.05) is 42.9 Å². The monoisotopic (exact) mass is 392 g/mol. The smallest absolute Gasteiger partial charge is 0.230 e. The summed E-state index contributed by atoms with van der Waals surface area (Å²) in [6, 6.07) is 7.93. The van der Waals surface area contributed by atoms with Gasteiger partial charge < -0.3 is 15.4 Å². The van der Waals surface area contributed by atoms with Gasteiger partial charge in [-0.15, -0.1) is 10.2 Å². The predicted molar refractivity (Wildman–Crippen MR) is 106 cm³/mol. The van der Waals surface area contributed by atoms with E-state index in [1.165, 1.54) is 42.4 Å². The van der Waals surface area contributed by atoms with Gasteiger partial charge in [-0.25, -0.2) is 0 Å². The number of nitrogens with one attached hydrogen (secondary N) is 2. The van der Waals surface area contributed by atoms with Crippen LogP contribution >= 0.6 is 23.1 Å². The molecule has 2 aromatic rings. The molecule has 140 valence electrons. The second kappa shape index (κ2) is 9.23. The Morgan fingerprint density at radius 3 is 2.77 bits per heavy atom. The number of hydrogen-bond donors (Lipinski definition) is 2. The van der Waals surface area contributed by atoms with Crippen molar-refractivity contribution in [2.45, 2.75) is 43.0 Å². The first-order chi connectivity index (χ1) is 12.6. The Labute approximate surface area is 162 Å². The Kier molecular flexibility index (Phi) is 6.73. The van der Waals surface area contributed by atoms with Crippen LogP contribution in [-0.2, 0) is 4.79 Å². The Bertz CT molecular complexity index is 720. The summed E-state index contributed by atoms with van der Waals surface area (Å²) in [7, 11) is 1.64. The number of aromatic nitrogens is 2. The van der Waals surface area contributed by atoms with Crippen LogP contribution in [0.3, 0.4) is 0 Å². The minimum atomic E-state index is 0.0774. The van der Waals surface area contributed by atoms with E-state index in [0.29, 0.717) is 22.8 Å². The number of rotatable bonds is 7. The van der Waals surface area contributed by atoms with Crippen molar-refractivity contribution in [2.75, 3.05) is 18.2 Å². The van der Waals surface area contributed by atoms with Crippen LogP contribution < -0.4 is 15.4 Å². The van der Waals surface area contributed by atoms with Crippen molar-refractivity contribution in [3.63, 3.8) is 0 Å². The van der Waals surface area contributed by atoms with E-state index in [0.717, 1.165) is 22.2 Å². The standard InChI is InChI=1S/C18H24N4O2S2/c1-12-5-3-4-6-15(12)20-16(23)11-25-18-22-21-17(26-18)19-13-7-9-14(24-2)10-8-13/h7-10,12,15H,3-6,11H2,1-2H3,(H,19,21)(H,20,23)/t12-,15+/m1/s1. The molecule has 6 nitrogen and oxygen atoms in total. The lowest BCUT2D eigenvalue weighted by Gasteiger charge is -2.29. The predicted octanol–water partition coefficient (Wildman–Crippen LogP) is 4.08. The van der Waals surface area contributed by atoms with E-state index >= 15 is 0 Å². The van der Waals surface area contributed by atoms with Gasteiger partial charge in [0, 0.05) is 11.7 Å². The number of amides is 1. The van der Waals surface area contributed by atoms with Crippen molar-refractivity contribution in [1.29, 1.82) is 0 Å². The molecule has 2 atom stereocenters. The fraction of sp³-hybridized carbons (Fsp3) is 0.500. The second-order valence-corrected chi connectivity index (χ2v) is 8.65. The molecule has 1 aromatic heterocycles. The fourth-order valence-corrected chi connectivity index (χ4v) is 4.61. The molecule has 0 radical (unpaired) electrons. The summed E-state index contributed by atoms with van der Waals surface area (Å²) in [5.41, 5.74) is 0.919. The summed E-state index contributed by atoms with van der Waals surface area (Å²) in [5.74, 6) is 1.83. The third kappa shape index (κ3) is 5.35. The largest absolute Gasteiger partial charge is 0.497 e. The molecule has 0 saturated heterocycles. The number of benzene rings is 1. The molecule has 1 aliphatic rings. The number of anilines is 2. The molecule has 1 aromatic carbocycles. The Morgan fingerprint density at radius 2 is 2.04 bits per heavy atom. The number of ether oxygens (including phenoxy) is 1. The Morgan fingerprint density at radius 1 is 1.27 bits per heavy atom. The van der Waals surface area contributed by atoms with Crippen molar-refractivity contribution in [1.82, 2.24) is 15.5 Å². The van der Waals surface area contributed by atoms with Gasteiger partial charge >= 0.3 is 0 Å². The number of carbonyl (C=O) groups is 1.